The van der Waals surface area contributed by atoms with Gasteiger partial charge in [-0.2, -0.15) is 0 Å². The number of hydrogen-bond donors (Lipinski definition) is 2. The molecular weight excluding hydrogens is 284 g/mol. The quantitative estimate of drug-likeness (QED) is 0.595. The Labute approximate surface area is 129 Å². The van der Waals surface area contributed by atoms with Gasteiger partial charge in [0.05, 0.1) is 6.61 Å². The van der Waals surface area contributed by atoms with Crippen LogP contribution in [-0.2, 0) is 14.3 Å². The van der Waals surface area contributed by atoms with Crippen LogP contribution in [-0.4, -0.2) is 30.9 Å². The van der Waals surface area contributed by atoms with E-state index in [9.17, 15) is 14.4 Å². The minimum absolute atomic E-state index is 0.151. The molecule has 2 N–H and O–H groups in total. The van der Waals surface area contributed by atoms with E-state index in [1.54, 1.807) is 31.2 Å². The van der Waals surface area contributed by atoms with Crippen LogP contribution in [0.3, 0.4) is 0 Å². The highest BCUT2D eigenvalue weighted by molar-refractivity contribution is 6.03. The van der Waals surface area contributed by atoms with Crippen LogP contribution < -0.4 is 10.6 Å². The Bertz CT molecular complexity index is 550. The topological polar surface area (TPSA) is 84.5 Å². The van der Waals surface area contributed by atoms with Crippen LogP contribution in [0.2, 0.25) is 0 Å². The molecule has 0 fully saturated rings. The van der Waals surface area contributed by atoms with E-state index in [1.165, 1.54) is 0 Å². The standard InChI is InChI=1S/C16H20N2O4/c1-3-11-17-16(21)12-5-7-13(8-6-12)18-14(19)9-10-15(20)22-4-2/h5-10H,3-4,11H2,1-2H3,(H,17,21)(H,18,19)/b10-9+. The van der Waals surface area contributed by atoms with Crippen molar-refractivity contribution in [3.8, 4) is 0 Å². The Morgan fingerprint density at radius 2 is 1.77 bits per heavy atom. The van der Waals surface area contributed by atoms with E-state index in [4.69, 9.17) is 0 Å². The van der Waals surface area contributed by atoms with Crippen molar-refractivity contribution in [2.75, 3.05) is 18.5 Å². The minimum atomic E-state index is -0.569. The van der Waals surface area contributed by atoms with Gasteiger partial charge >= 0.3 is 5.97 Å². The van der Waals surface area contributed by atoms with E-state index in [2.05, 4.69) is 15.4 Å². The van der Waals surface area contributed by atoms with Crippen molar-refractivity contribution in [2.45, 2.75) is 20.3 Å². The first kappa shape index (κ1) is 17.4. The lowest BCUT2D eigenvalue weighted by Crippen LogP contribution is -2.23. The Morgan fingerprint density at radius 1 is 1.09 bits per heavy atom. The number of rotatable bonds is 7. The summed E-state index contributed by atoms with van der Waals surface area (Å²) in [6.45, 7) is 4.54. The summed E-state index contributed by atoms with van der Waals surface area (Å²) in [7, 11) is 0. The number of nitrogens with one attached hydrogen (secondary N) is 2. The lowest BCUT2D eigenvalue weighted by molar-refractivity contribution is -0.137. The third-order valence-electron chi connectivity index (χ3n) is 2.61. The summed E-state index contributed by atoms with van der Waals surface area (Å²) in [6, 6.07) is 6.49. The molecule has 1 aromatic rings. The number of esters is 1. The number of amides is 2. The van der Waals surface area contributed by atoms with Crippen molar-refractivity contribution >= 4 is 23.5 Å². The van der Waals surface area contributed by atoms with Gasteiger partial charge < -0.3 is 15.4 Å². The zero-order valence-corrected chi connectivity index (χ0v) is 12.7. The van der Waals surface area contributed by atoms with Crippen molar-refractivity contribution < 1.29 is 19.1 Å². The third kappa shape index (κ3) is 6.21. The number of carbonyl (C=O) groups is 3. The summed E-state index contributed by atoms with van der Waals surface area (Å²) >= 11 is 0. The summed E-state index contributed by atoms with van der Waals surface area (Å²) in [5, 5.41) is 5.35. The molecule has 6 heteroatoms. The molecule has 0 saturated heterocycles. The Morgan fingerprint density at radius 3 is 2.36 bits per heavy atom. The van der Waals surface area contributed by atoms with E-state index >= 15 is 0 Å². The van der Waals surface area contributed by atoms with E-state index in [0.717, 1.165) is 18.6 Å². The van der Waals surface area contributed by atoms with Gasteiger partial charge in [0.15, 0.2) is 0 Å². The van der Waals surface area contributed by atoms with Crippen LogP contribution in [0.5, 0.6) is 0 Å². The Kier molecular flexibility index (Phi) is 7.39. The first-order valence-electron chi connectivity index (χ1n) is 7.10. The van der Waals surface area contributed by atoms with Crippen molar-refractivity contribution in [2.24, 2.45) is 0 Å². The molecule has 118 valence electrons. The lowest BCUT2D eigenvalue weighted by atomic mass is 10.2. The largest absolute Gasteiger partial charge is 0.463 e. The summed E-state index contributed by atoms with van der Waals surface area (Å²) in [4.78, 5) is 34.4. The van der Waals surface area contributed by atoms with E-state index in [-0.39, 0.29) is 12.5 Å². The molecule has 0 heterocycles. The molecule has 1 aromatic carbocycles. The second kappa shape index (κ2) is 9.33. The molecule has 0 aromatic heterocycles. The Balaban J connectivity index is 2.55. The molecule has 0 aliphatic carbocycles. The molecule has 0 atom stereocenters. The van der Waals surface area contributed by atoms with Crippen molar-refractivity contribution in [1.29, 1.82) is 0 Å². The monoisotopic (exact) mass is 304 g/mol. The summed E-state index contributed by atoms with van der Waals surface area (Å²) in [5.41, 5.74) is 1.05. The predicted molar refractivity (Wildman–Crippen MR) is 83.5 cm³/mol. The molecule has 0 saturated carbocycles. The van der Waals surface area contributed by atoms with Crippen LogP contribution >= 0.6 is 0 Å². The molecule has 0 spiro atoms. The van der Waals surface area contributed by atoms with E-state index < -0.39 is 11.9 Å². The smallest absolute Gasteiger partial charge is 0.330 e. The number of benzene rings is 1. The highest BCUT2D eigenvalue weighted by atomic mass is 16.5. The van der Waals surface area contributed by atoms with Crippen molar-refractivity contribution in [3.05, 3.63) is 42.0 Å². The van der Waals surface area contributed by atoms with Crippen LogP contribution in [0.15, 0.2) is 36.4 Å². The van der Waals surface area contributed by atoms with E-state index in [0.29, 0.717) is 17.8 Å². The highest BCUT2D eigenvalue weighted by Gasteiger charge is 2.05. The van der Waals surface area contributed by atoms with Gasteiger partial charge in [-0.15, -0.1) is 0 Å². The predicted octanol–water partition coefficient (Wildman–Crippen LogP) is 1.88. The van der Waals surface area contributed by atoms with Crippen LogP contribution in [0.1, 0.15) is 30.6 Å². The first-order chi connectivity index (χ1) is 10.6. The van der Waals surface area contributed by atoms with Gasteiger partial charge in [0.2, 0.25) is 5.91 Å². The maximum Gasteiger partial charge on any atom is 0.330 e. The minimum Gasteiger partial charge on any atom is -0.463 e. The van der Waals surface area contributed by atoms with Gasteiger partial charge in [0, 0.05) is 29.9 Å². The molecule has 0 bridgehead atoms. The molecule has 2 amide bonds. The van der Waals surface area contributed by atoms with Gasteiger partial charge in [-0.1, -0.05) is 6.92 Å². The van der Waals surface area contributed by atoms with Crippen molar-refractivity contribution in [1.82, 2.24) is 5.32 Å². The molecular formula is C16H20N2O4. The summed E-state index contributed by atoms with van der Waals surface area (Å²) in [6.07, 6.45) is 3.03. The third-order valence-corrected chi connectivity index (χ3v) is 2.61. The fourth-order valence-corrected chi connectivity index (χ4v) is 1.56. The zero-order valence-electron chi connectivity index (χ0n) is 12.7. The maximum atomic E-state index is 11.7. The Hall–Kier alpha value is -2.63. The molecule has 0 unspecified atom stereocenters. The zero-order chi connectivity index (χ0) is 16.4. The highest BCUT2D eigenvalue weighted by Crippen LogP contribution is 2.09. The van der Waals surface area contributed by atoms with Gasteiger partial charge in [-0.05, 0) is 37.6 Å². The lowest BCUT2D eigenvalue weighted by Gasteiger charge is -2.05. The second-order valence-electron chi connectivity index (χ2n) is 4.41. The maximum absolute atomic E-state index is 11.7. The van der Waals surface area contributed by atoms with Crippen LogP contribution in [0, 0.1) is 0 Å². The SMILES string of the molecule is CCCNC(=O)c1ccc(NC(=O)/C=C/C(=O)OCC)cc1. The molecule has 1 rings (SSSR count). The van der Waals surface area contributed by atoms with Gasteiger partial charge in [-0.25, -0.2) is 4.79 Å². The van der Waals surface area contributed by atoms with Crippen molar-refractivity contribution in [3.63, 3.8) is 0 Å². The number of ether oxygens (including phenoxy) is 1. The number of anilines is 1. The second-order valence-corrected chi connectivity index (χ2v) is 4.41. The number of hydrogen-bond acceptors (Lipinski definition) is 4. The van der Waals surface area contributed by atoms with Gasteiger partial charge in [-0.3, -0.25) is 9.59 Å². The molecule has 0 aliphatic heterocycles. The van der Waals surface area contributed by atoms with Gasteiger partial charge in [0.25, 0.3) is 5.91 Å². The summed E-state index contributed by atoms with van der Waals surface area (Å²) in [5.74, 6) is -1.17. The average Bonchev–Trinajstić information content (AvgIpc) is 2.51. The average molecular weight is 304 g/mol. The number of carbonyl (C=O) groups excluding carboxylic acids is 3. The van der Waals surface area contributed by atoms with Crippen LogP contribution in [0.4, 0.5) is 5.69 Å². The summed E-state index contributed by atoms with van der Waals surface area (Å²) < 4.78 is 4.67. The fraction of sp³-hybridized carbons (Fsp3) is 0.312. The van der Waals surface area contributed by atoms with Gasteiger partial charge in [0.1, 0.15) is 0 Å². The molecule has 0 radical (unpaired) electrons. The normalized spacial score (nSPS) is 10.3. The molecule has 22 heavy (non-hydrogen) atoms. The molecule has 0 aliphatic rings. The fourth-order valence-electron chi connectivity index (χ4n) is 1.56. The van der Waals surface area contributed by atoms with E-state index in [1.807, 2.05) is 6.92 Å². The van der Waals surface area contributed by atoms with Crippen LogP contribution in [0.25, 0.3) is 0 Å². The molecule has 6 nitrogen and oxygen atoms in total. The first-order valence-corrected chi connectivity index (χ1v) is 7.10.